The SMILES string of the molecule is CNC(CSC1COC1)c1cc(C)cc(C)c1. The minimum atomic E-state index is 0.444. The second kappa shape index (κ2) is 5.89. The highest BCUT2D eigenvalue weighted by Gasteiger charge is 2.20. The van der Waals surface area contributed by atoms with Gasteiger partial charge in [0.05, 0.1) is 18.5 Å². The topological polar surface area (TPSA) is 21.3 Å². The number of hydrogen-bond acceptors (Lipinski definition) is 3. The fraction of sp³-hybridized carbons (Fsp3) is 0.571. The van der Waals surface area contributed by atoms with Gasteiger partial charge in [0, 0.05) is 11.8 Å². The summed E-state index contributed by atoms with van der Waals surface area (Å²) in [7, 11) is 2.04. The molecule has 1 saturated heterocycles. The van der Waals surface area contributed by atoms with Crippen LogP contribution < -0.4 is 5.32 Å². The molecule has 1 aromatic rings. The van der Waals surface area contributed by atoms with Gasteiger partial charge >= 0.3 is 0 Å². The van der Waals surface area contributed by atoms with Crippen LogP contribution in [0, 0.1) is 13.8 Å². The molecule has 1 N–H and O–H groups in total. The highest BCUT2D eigenvalue weighted by Crippen LogP contribution is 2.26. The first-order valence-corrected chi connectivity index (χ1v) is 7.18. The number of aryl methyl sites for hydroxylation is 2. The van der Waals surface area contributed by atoms with Gasteiger partial charge in [-0.05, 0) is 26.5 Å². The summed E-state index contributed by atoms with van der Waals surface area (Å²) in [4.78, 5) is 0. The Morgan fingerprint density at radius 2 is 1.94 bits per heavy atom. The molecule has 1 fully saturated rings. The molecular formula is C14H21NOS. The molecule has 0 saturated carbocycles. The second-order valence-electron chi connectivity index (χ2n) is 4.76. The molecule has 17 heavy (non-hydrogen) atoms. The largest absolute Gasteiger partial charge is 0.379 e. The highest BCUT2D eigenvalue weighted by atomic mass is 32.2. The lowest BCUT2D eigenvalue weighted by Gasteiger charge is -2.27. The number of rotatable bonds is 5. The maximum atomic E-state index is 5.20. The summed E-state index contributed by atoms with van der Waals surface area (Å²) in [6, 6.07) is 7.24. The molecule has 1 aliphatic heterocycles. The van der Waals surface area contributed by atoms with Crippen molar-refractivity contribution in [3.8, 4) is 0 Å². The fourth-order valence-corrected chi connectivity index (χ4v) is 3.31. The van der Waals surface area contributed by atoms with Gasteiger partial charge in [0.15, 0.2) is 0 Å². The molecule has 2 nitrogen and oxygen atoms in total. The molecular weight excluding hydrogens is 230 g/mol. The lowest BCUT2D eigenvalue weighted by Crippen LogP contribution is -2.32. The van der Waals surface area contributed by atoms with Gasteiger partial charge in [-0.2, -0.15) is 11.8 Å². The second-order valence-corrected chi connectivity index (χ2v) is 6.09. The van der Waals surface area contributed by atoms with Crippen LogP contribution in [0.15, 0.2) is 18.2 Å². The Kier molecular flexibility index (Phi) is 4.48. The van der Waals surface area contributed by atoms with Crippen LogP contribution in [0.4, 0.5) is 0 Å². The van der Waals surface area contributed by atoms with E-state index in [1.54, 1.807) is 0 Å². The zero-order valence-corrected chi connectivity index (χ0v) is 11.6. The Balaban J connectivity index is 1.99. The molecule has 1 aliphatic rings. The summed E-state index contributed by atoms with van der Waals surface area (Å²) in [5.41, 5.74) is 4.09. The molecule has 1 unspecified atom stereocenters. The number of ether oxygens (including phenoxy) is 1. The summed E-state index contributed by atoms with van der Waals surface area (Å²) in [5, 5.41) is 4.12. The third-order valence-electron chi connectivity index (χ3n) is 3.10. The van der Waals surface area contributed by atoms with Gasteiger partial charge in [-0.25, -0.2) is 0 Å². The monoisotopic (exact) mass is 251 g/mol. The van der Waals surface area contributed by atoms with Crippen molar-refractivity contribution in [3.63, 3.8) is 0 Å². The third-order valence-corrected chi connectivity index (χ3v) is 4.37. The van der Waals surface area contributed by atoms with E-state index in [0.29, 0.717) is 11.3 Å². The highest BCUT2D eigenvalue weighted by molar-refractivity contribution is 8.00. The summed E-state index contributed by atoms with van der Waals surface area (Å²) in [6.07, 6.45) is 0. The Hall–Kier alpha value is -0.510. The van der Waals surface area contributed by atoms with Crippen LogP contribution in [0.2, 0.25) is 0 Å². The smallest absolute Gasteiger partial charge is 0.0607 e. The molecule has 1 atom stereocenters. The van der Waals surface area contributed by atoms with E-state index < -0.39 is 0 Å². The number of nitrogens with one attached hydrogen (secondary N) is 1. The number of thioether (sulfide) groups is 1. The zero-order valence-electron chi connectivity index (χ0n) is 10.8. The molecule has 94 valence electrons. The predicted molar refractivity (Wildman–Crippen MR) is 74.8 cm³/mol. The van der Waals surface area contributed by atoms with E-state index in [2.05, 4.69) is 37.4 Å². The molecule has 0 spiro atoms. The van der Waals surface area contributed by atoms with Gasteiger partial charge in [0.25, 0.3) is 0 Å². The van der Waals surface area contributed by atoms with Gasteiger partial charge < -0.3 is 10.1 Å². The Morgan fingerprint density at radius 1 is 1.29 bits per heavy atom. The minimum Gasteiger partial charge on any atom is -0.379 e. The van der Waals surface area contributed by atoms with Crippen LogP contribution in [0.1, 0.15) is 22.7 Å². The quantitative estimate of drug-likeness (QED) is 0.869. The van der Waals surface area contributed by atoms with E-state index in [-0.39, 0.29) is 0 Å². The van der Waals surface area contributed by atoms with Crippen LogP contribution in [0.5, 0.6) is 0 Å². The number of hydrogen-bond donors (Lipinski definition) is 1. The van der Waals surface area contributed by atoms with Crippen molar-refractivity contribution in [2.45, 2.75) is 25.1 Å². The van der Waals surface area contributed by atoms with Gasteiger partial charge in [-0.1, -0.05) is 29.3 Å². The molecule has 0 radical (unpaired) electrons. The molecule has 0 amide bonds. The van der Waals surface area contributed by atoms with Crippen molar-refractivity contribution in [1.29, 1.82) is 0 Å². The Labute approximate surface area is 108 Å². The maximum absolute atomic E-state index is 5.20. The minimum absolute atomic E-state index is 0.444. The van der Waals surface area contributed by atoms with E-state index in [9.17, 15) is 0 Å². The van der Waals surface area contributed by atoms with Gasteiger partial charge in [-0.3, -0.25) is 0 Å². The molecule has 0 aliphatic carbocycles. The van der Waals surface area contributed by atoms with Crippen LogP contribution in [-0.2, 0) is 4.74 Å². The normalized spacial score (nSPS) is 17.8. The lowest BCUT2D eigenvalue weighted by atomic mass is 10.0. The lowest BCUT2D eigenvalue weighted by molar-refractivity contribution is 0.0455. The van der Waals surface area contributed by atoms with Crippen LogP contribution in [0.3, 0.4) is 0 Å². The molecule has 1 heterocycles. The van der Waals surface area contributed by atoms with Crippen LogP contribution >= 0.6 is 11.8 Å². The van der Waals surface area contributed by atoms with Gasteiger partial charge in [0.1, 0.15) is 0 Å². The fourth-order valence-electron chi connectivity index (χ4n) is 2.10. The Morgan fingerprint density at radius 3 is 2.41 bits per heavy atom. The van der Waals surface area contributed by atoms with Crippen molar-refractivity contribution in [2.75, 3.05) is 26.0 Å². The van der Waals surface area contributed by atoms with Crippen molar-refractivity contribution in [3.05, 3.63) is 34.9 Å². The van der Waals surface area contributed by atoms with E-state index >= 15 is 0 Å². The van der Waals surface area contributed by atoms with Crippen molar-refractivity contribution in [1.82, 2.24) is 5.32 Å². The van der Waals surface area contributed by atoms with Gasteiger partial charge in [0.2, 0.25) is 0 Å². The zero-order chi connectivity index (χ0) is 12.3. The Bertz CT molecular complexity index is 356. The standard InChI is InChI=1S/C14H21NOS/c1-10-4-11(2)6-12(5-10)14(15-3)9-17-13-7-16-8-13/h4-6,13-15H,7-9H2,1-3H3. The molecule has 2 rings (SSSR count). The van der Waals surface area contributed by atoms with Crippen molar-refractivity contribution < 1.29 is 4.74 Å². The van der Waals surface area contributed by atoms with Gasteiger partial charge in [-0.15, -0.1) is 0 Å². The summed E-state index contributed by atoms with van der Waals surface area (Å²) in [6.45, 7) is 6.17. The van der Waals surface area contributed by atoms with Crippen LogP contribution in [-0.4, -0.2) is 31.3 Å². The predicted octanol–water partition coefficient (Wildman–Crippen LogP) is 2.70. The molecule has 3 heteroatoms. The molecule has 0 aromatic heterocycles. The first-order valence-electron chi connectivity index (χ1n) is 6.14. The van der Waals surface area contributed by atoms with E-state index in [0.717, 1.165) is 19.0 Å². The third kappa shape index (κ3) is 3.47. The summed E-state index contributed by atoms with van der Waals surface area (Å²) < 4.78 is 5.20. The van der Waals surface area contributed by atoms with Crippen molar-refractivity contribution in [2.24, 2.45) is 0 Å². The van der Waals surface area contributed by atoms with E-state index in [4.69, 9.17) is 4.74 Å². The first kappa shape index (κ1) is 12.9. The average molecular weight is 251 g/mol. The summed E-state index contributed by atoms with van der Waals surface area (Å²) >= 11 is 2.01. The van der Waals surface area contributed by atoms with E-state index in [1.807, 2.05) is 18.8 Å². The maximum Gasteiger partial charge on any atom is 0.0607 e. The molecule has 0 bridgehead atoms. The van der Waals surface area contributed by atoms with Crippen LogP contribution in [0.25, 0.3) is 0 Å². The summed E-state index contributed by atoms with van der Waals surface area (Å²) in [5.74, 6) is 1.12. The van der Waals surface area contributed by atoms with E-state index in [1.165, 1.54) is 16.7 Å². The number of benzene rings is 1. The van der Waals surface area contributed by atoms with Crippen molar-refractivity contribution >= 4 is 11.8 Å². The molecule has 1 aromatic carbocycles. The first-order chi connectivity index (χ1) is 8.19. The average Bonchev–Trinajstić information content (AvgIpc) is 2.20.